The van der Waals surface area contributed by atoms with Crippen LogP contribution >= 0.6 is 0 Å². The van der Waals surface area contributed by atoms with Crippen molar-refractivity contribution in [3.63, 3.8) is 0 Å². The predicted octanol–water partition coefficient (Wildman–Crippen LogP) is 8.28. The molecule has 1 fully saturated rings. The molecule has 1 atom stereocenters. The SMILES string of the molecule is O=C(CCCCCNC(=O)c1ccc2c(c1)C(=O)OC21c2ccc(O)cc2Nc2cc(O)ccc21)NCc1ncc(-c2cccc(NC(=O)N3c4nc(-c5cccc(O)c5)ccc4N4CC[C@H]3C4)c2)o1. The van der Waals surface area contributed by atoms with Crippen LogP contribution in [0, 0.1) is 0 Å². The molecular weight excluding hydrogens is 893 g/mol. The summed E-state index contributed by atoms with van der Waals surface area (Å²) in [7, 11) is 0. The van der Waals surface area contributed by atoms with Gasteiger partial charge in [-0.15, -0.1) is 0 Å². The number of hydrogen-bond acceptors (Lipinski definition) is 13. The fourth-order valence-electron chi connectivity index (χ4n) is 9.90. The molecule has 4 aliphatic heterocycles. The topological polar surface area (TPSA) is 232 Å². The third-order valence-corrected chi connectivity index (χ3v) is 13.2. The predicted molar refractivity (Wildman–Crippen MR) is 259 cm³/mol. The number of oxazole rings is 1. The Morgan fingerprint density at radius 3 is 2.34 bits per heavy atom. The van der Waals surface area contributed by atoms with Crippen LogP contribution in [0.15, 0.2) is 126 Å². The summed E-state index contributed by atoms with van der Waals surface area (Å²) in [5.74, 6) is 0.397. The number of phenols is 3. The first-order valence-corrected chi connectivity index (χ1v) is 23.1. The standard InChI is InChI=1S/C53H46N8O9/c62-35-9-5-6-30(23-35)42-17-18-45-49(59-42)61(34-19-21-60(45)29-34)52(68)57-33-8-4-7-31(22-33)46-27-56-48(69-46)28-55-47(65)10-2-1-3-20-54-50(66)32-11-14-39-38(24-32)51(67)70-53(39)40-15-12-36(63)25-43(40)58-44-26-37(64)13-16-41(44)53/h4-9,11-18,22-27,34,58,62-64H,1-3,10,19-21,28-29H2,(H,54,66)(H,55,65)(H,57,68)/t34-/m0/s1. The Labute approximate surface area is 400 Å². The summed E-state index contributed by atoms with van der Waals surface area (Å²) in [6.07, 6.45) is 4.55. The van der Waals surface area contributed by atoms with Crippen LogP contribution in [0.1, 0.15) is 75.4 Å². The van der Waals surface area contributed by atoms with Crippen LogP contribution in [0.4, 0.5) is 33.4 Å². The van der Waals surface area contributed by atoms with Gasteiger partial charge in [-0.05, 0) is 92.1 Å². The first-order valence-electron chi connectivity index (χ1n) is 23.1. The molecule has 17 heteroatoms. The Kier molecular flexibility index (Phi) is 11.0. The van der Waals surface area contributed by atoms with Crippen LogP contribution in [0.2, 0.25) is 0 Å². The highest BCUT2D eigenvalue weighted by Crippen LogP contribution is 2.55. The van der Waals surface area contributed by atoms with Crippen molar-refractivity contribution < 1.29 is 43.7 Å². The minimum Gasteiger partial charge on any atom is -0.508 e. The number of esters is 1. The van der Waals surface area contributed by atoms with Crippen molar-refractivity contribution in [2.45, 2.75) is 50.3 Å². The van der Waals surface area contributed by atoms with Gasteiger partial charge >= 0.3 is 12.0 Å². The zero-order chi connectivity index (χ0) is 48.1. The molecule has 17 nitrogen and oxygen atoms in total. The normalized spacial score (nSPS) is 15.5. The summed E-state index contributed by atoms with van der Waals surface area (Å²) >= 11 is 0. The zero-order valence-corrected chi connectivity index (χ0v) is 37.6. The van der Waals surface area contributed by atoms with Crippen molar-refractivity contribution in [3.8, 4) is 39.8 Å². The number of fused-ring (bicyclic) bond motifs is 10. The smallest absolute Gasteiger partial charge is 0.340 e. The number of nitrogens with one attached hydrogen (secondary N) is 4. The van der Waals surface area contributed by atoms with Gasteiger partial charge in [0.25, 0.3) is 5.91 Å². The monoisotopic (exact) mass is 938 g/mol. The van der Waals surface area contributed by atoms with Crippen LogP contribution < -0.4 is 31.1 Å². The van der Waals surface area contributed by atoms with Gasteiger partial charge in [0.05, 0.1) is 47.1 Å². The zero-order valence-electron chi connectivity index (χ0n) is 37.6. The molecule has 7 aromatic rings. The number of rotatable bonds is 12. The van der Waals surface area contributed by atoms with Gasteiger partial charge in [-0.1, -0.05) is 36.8 Å². The quantitative estimate of drug-likeness (QED) is 0.0452. The van der Waals surface area contributed by atoms with Crippen LogP contribution in [0.25, 0.3) is 22.6 Å². The molecular formula is C53H46N8O9. The summed E-state index contributed by atoms with van der Waals surface area (Å²) in [4.78, 5) is 66.7. The van der Waals surface area contributed by atoms with E-state index >= 15 is 0 Å². The lowest BCUT2D eigenvalue weighted by atomic mass is 9.76. The van der Waals surface area contributed by atoms with E-state index in [1.165, 1.54) is 30.3 Å². The number of aromatic hydroxyl groups is 3. The molecule has 1 spiro atoms. The highest BCUT2D eigenvalue weighted by Gasteiger charge is 2.53. The summed E-state index contributed by atoms with van der Waals surface area (Å²) in [6, 6.07) is 32.0. The fraction of sp³-hybridized carbons (Fsp3) is 0.208. The molecule has 0 saturated carbocycles. The van der Waals surface area contributed by atoms with Crippen LogP contribution in [-0.4, -0.2) is 74.8 Å². The minimum atomic E-state index is -1.36. The molecule has 352 valence electrons. The van der Waals surface area contributed by atoms with E-state index in [1.54, 1.807) is 65.7 Å². The number of anilines is 5. The fourth-order valence-corrected chi connectivity index (χ4v) is 9.90. The van der Waals surface area contributed by atoms with E-state index in [9.17, 15) is 34.5 Å². The van der Waals surface area contributed by atoms with Gasteiger partial charge in [0.2, 0.25) is 11.8 Å². The highest BCUT2D eigenvalue weighted by atomic mass is 16.6. The van der Waals surface area contributed by atoms with E-state index in [0.717, 1.165) is 24.2 Å². The number of aromatic nitrogens is 2. The Bertz CT molecular complexity index is 3210. The van der Waals surface area contributed by atoms with Crippen molar-refractivity contribution >= 4 is 52.4 Å². The Hall–Kier alpha value is -8.86. The number of urea groups is 1. The second kappa shape index (κ2) is 17.7. The maximum Gasteiger partial charge on any atom is 0.340 e. The average molecular weight is 939 g/mol. The number of amides is 4. The Morgan fingerprint density at radius 2 is 1.54 bits per heavy atom. The summed E-state index contributed by atoms with van der Waals surface area (Å²) < 4.78 is 12.1. The number of phenolic OH excluding ortho intramolecular Hbond substituents is 3. The molecule has 1 saturated heterocycles. The van der Waals surface area contributed by atoms with Gasteiger partial charge in [0.1, 0.15) is 17.2 Å². The van der Waals surface area contributed by atoms with E-state index < -0.39 is 11.6 Å². The van der Waals surface area contributed by atoms with Gasteiger partial charge in [-0.2, -0.15) is 0 Å². The lowest BCUT2D eigenvalue weighted by Crippen LogP contribution is -2.48. The van der Waals surface area contributed by atoms with Crippen molar-refractivity contribution in [3.05, 3.63) is 155 Å². The lowest BCUT2D eigenvalue weighted by molar-refractivity contribution is -0.121. The van der Waals surface area contributed by atoms with E-state index in [4.69, 9.17) is 14.1 Å². The number of nitrogens with zero attached hydrogens (tertiary/aromatic N) is 4. The first-order chi connectivity index (χ1) is 34.0. The molecule has 6 heterocycles. The molecule has 2 bridgehead atoms. The van der Waals surface area contributed by atoms with Crippen LogP contribution in [0.5, 0.6) is 17.2 Å². The van der Waals surface area contributed by atoms with Crippen molar-refractivity contribution in [1.29, 1.82) is 0 Å². The van der Waals surface area contributed by atoms with Crippen LogP contribution in [-0.2, 0) is 21.7 Å². The van der Waals surface area contributed by atoms with E-state index in [2.05, 4.69) is 31.2 Å². The summed E-state index contributed by atoms with van der Waals surface area (Å²) in [5, 5.41) is 42.5. The van der Waals surface area contributed by atoms with Gasteiger partial charge in [0.15, 0.2) is 17.2 Å². The van der Waals surface area contributed by atoms with Gasteiger partial charge < -0.3 is 50.6 Å². The van der Waals surface area contributed by atoms with Gasteiger partial charge in [0, 0.05) is 77.3 Å². The number of hydrogen-bond donors (Lipinski definition) is 7. The molecule has 0 unspecified atom stereocenters. The number of unbranched alkanes of at least 4 members (excludes halogenated alkanes) is 2. The molecule has 4 aliphatic rings. The van der Waals surface area contributed by atoms with Crippen LogP contribution in [0.3, 0.4) is 0 Å². The van der Waals surface area contributed by atoms with Gasteiger partial charge in [-0.25, -0.2) is 19.6 Å². The number of ether oxygens (including phenoxy) is 1. The second-order valence-corrected chi connectivity index (χ2v) is 17.7. The molecule has 2 aromatic heterocycles. The molecule has 4 amide bonds. The summed E-state index contributed by atoms with van der Waals surface area (Å²) in [6.45, 7) is 1.98. The van der Waals surface area contributed by atoms with E-state index in [1.807, 2.05) is 30.3 Å². The summed E-state index contributed by atoms with van der Waals surface area (Å²) in [5.41, 5.74) is 5.46. The van der Waals surface area contributed by atoms with Crippen molar-refractivity contribution in [2.75, 3.05) is 40.1 Å². The molecule has 5 aromatic carbocycles. The number of carbonyl (C=O) groups is 4. The largest absolute Gasteiger partial charge is 0.508 e. The van der Waals surface area contributed by atoms with Gasteiger partial charge in [-0.3, -0.25) is 14.5 Å². The van der Waals surface area contributed by atoms with Crippen molar-refractivity contribution in [2.24, 2.45) is 0 Å². The molecule has 11 rings (SSSR count). The minimum absolute atomic E-state index is 0.0138. The average Bonchev–Trinajstić information content (AvgIpc) is 4.08. The maximum atomic E-state index is 14.0. The third-order valence-electron chi connectivity index (χ3n) is 13.2. The Balaban J connectivity index is 0.651. The Morgan fingerprint density at radius 1 is 0.786 bits per heavy atom. The number of carbonyl (C=O) groups excluding carboxylic acids is 4. The number of pyridine rings is 1. The third kappa shape index (κ3) is 7.99. The first kappa shape index (κ1) is 43.7. The molecule has 0 radical (unpaired) electrons. The highest BCUT2D eigenvalue weighted by molar-refractivity contribution is 6.05. The maximum absolute atomic E-state index is 14.0. The van der Waals surface area contributed by atoms with E-state index in [-0.39, 0.29) is 65.2 Å². The molecule has 0 aliphatic carbocycles. The molecule has 70 heavy (non-hydrogen) atoms. The second-order valence-electron chi connectivity index (χ2n) is 17.7. The lowest BCUT2D eigenvalue weighted by Gasteiger charge is -2.37. The van der Waals surface area contributed by atoms with Crippen molar-refractivity contribution in [1.82, 2.24) is 20.6 Å². The number of benzene rings is 5. The van der Waals surface area contributed by atoms with E-state index in [0.29, 0.717) is 94.8 Å². The molecule has 7 N–H and O–H groups in total.